The van der Waals surface area contributed by atoms with Gasteiger partial charge < -0.3 is 10.1 Å². The molecule has 0 aliphatic carbocycles. The molecular weight excluding hydrogens is 388 g/mol. The minimum Gasteiger partial charge on any atom is -0.495 e. The van der Waals surface area contributed by atoms with E-state index in [0.717, 1.165) is 17.5 Å². The molecule has 2 aromatic carbocycles. The summed E-state index contributed by atoms with van der Waals surface area (Å²) in [4.78, 5) is 12.6. The standard InChI is InChI=1S/C22H30N2O4S/c1-5-18(3)23-22(25)16-24(14-13-19-9-7-6-8-10-19)29(26,27)21-15-17(2)11-12-20(21)28-4/h6-12,15,18H,5,13-14,16H2,1-4H3,(H,23,25)/t18-/m0/s1. The van der Waals surface area contributed by atoms with Crippen LogP contribution < -0.4 is 10.1 Å². The SMILES string of the molecule is CC[C@H](C)NC(=O)CN(CCc1ccccc1)S(=O)(=O)c1cc(C)ccc1OC. The van der Waals surface area contributed by atoms with E-state index in [1.165, 1.54) is 11.4 Å². The average molecular weight is 419 g/mol. The van der Waals surface area contributed by atoms with Crippen molar-refractivity contribution < 1.29 is 17.9 Å². The number of nitrogens with one attached hydrogen (secondary N) is 1. The van der Waals surface area contributed by atoms with Crippen molar-refractivity contribution in [1.82, 2.24) is 9.62 Å². The second-order valence-electron chi connectivity index (χ2n) is 7.11. The molecule has 0 aliphatic rings. The third kappa shape index (κ3) is 6.30. The van der Waals surface area contributed by atoms with Gasteiger partial charge in [-0.1, -0.05) is 43.3 Å². The van der Waals surface area contributed by atoms with Gasteiger partial charge in [0.05, 0.1) is 13.7 Å². The molecule has 0 aromatic heterocycles. The Morgan fingerprint density at radius 3 is 2.48 bits per heavy atom. The molecule has 0 saturated heterocycles. The Hall–Kier alpha value is -2.38. The number of carbonyl (C=O) groups is 1. The van der Waals surface area contributed by atoms with Gasteiger partial charge in [0.25, 0.3) is 0 Å². The average Bonchev–Trinajstić information content (AvgIpc) is 2.71. The minimum atomic E-state index is -3.93. The third-order valence-corrected chi connectivity index (χ3v) is 6.64. The minimum absolute atomic E-state index is 0.0188. The highest BCUT2D eigenvalue weighted by Gasteiger charge is 2.29. The number of ether oxygens (including phenoxy) is 1. The molecule has 2 aromatic rings. The van der Waals surface area contributed by atoms with Gasteiger partial charge >= 0.3 is 0 Å². The lowest BCUT2D eigenvalue weighted by Gasteiger charge is -2.24. The number of methoxy groups -OCH3 is 1. The molecule has 1 amide bonds. The van der Waals surface area contributed by atoms with Crippen LogP contribution in [0.2, 0.25) is 0 Å². The van der Waals surface area contributed by atoms with Crippen LogP contribution in [0, 0.1) is 6.92 Å². The van der Waals surface area contributed by atoms with Gasteiger partial charge in [0, 0.05) is 12.6 Å². The van der Waals surface area contributed by atoms with Crippen LogP contribution in [0.4, 0.5) is 0 Å². The lowest BCUT2D eigenvalue weighted by Crippen LogP contribution is -2.44. The van der Waals surface area contributed by atoms with Crippen molar-refractivity contribution in [1.29, 1.82) is 0 Å². The van der Waals surface area contributed by atoms with Gasteiger partial charge in [-0.25, -0.2) is 8.42 Å². The van der Waals surface area contributed by atoms with Crippen molar-refractivity contribution in [2.24, 2.45) is 0 Å². The van der Waals surface area contributed by atoms with E-state index in [2.05, 4.69) is 5.32 Å². The Balaban J connectivity index is 2.34. The first-order chi connectivity index (χ1) is 13.8. The Bertz CT molecular complexity index is 914. The predicted molar refractivity (Wildman–Crippen MR) is 115 cm³/mol. The van der Waals surface area contributed by atoms with Gasteiger partial charge in [-0.2, -0.15) is 4.31 Å². The molecule has 0 radical (unpaired) electrons. The van der Waals surface area contributed by atoms with Crippen LogP contribution in [0.15, 0.2) is 53.4 Å². The van der Waals surface area contributed by atoms with Crippen LogP contribution in [0.25, 0.3) is 0 Å². The first-order valence-corrected chi connectivity index (χ1v) is 11.2. The topological polar surface area (TPSA) is 75.7 Å². The van der Waals surface area contributed by atoms with Crippen molar-refractivity contribution in [3.05, 3.63) is 59.7 Å². The largest absolute Gasteiger partial charge is 0.495 e. The Morgan fingerprint density at radius 1 is 1.17 bits per heavy atom. The number of amides is 1. The molecule has 0 spiro atoms. The summed E-state index contributed by atoms with van der Waals surface area (Å²) in [7, 11) is -2.49. The first kappa shape index (κ1) is 22.9. The molecular formula is C22H30N2O4S. The maximum atomic E-state index is 13.4. The molecule has 0 saturated carbocycles. The van der Waals surface area contributed by atoms with Crippen LogP contribution in [0.3, 0.4) is 0 Å². The quantitative estimate of drug-likeness (QED) is 0.643. The van der Waals surface area contributed by atoms with Crippen LogP contribution in [-0.4, -0.2) is 44.9 Å². The van der Waals surface area contributed by atoms with Crippen LogP contribution in [-0.2, 0) is 21.2 Å². The zero-order valence-corrected chi connectivity index (χ0v) is 18.3. The highest BCUT2D eigenvalue weighted by molar-refractivity contribution is 7.89. The van der Waals surface area contributed by atoms with E-state index < -0.39 is 10.0 Å². The molecule has 0 heterocycles. The first-order valence-electron chi connectivity index (χ1n) is 9.76. The molecule has 0 unspecified atom stereocenters. The van der Waals surface area contributed by atoms with Crippen LogP contribution in [0.5, 0.6) is 5.75 Å². The number of sulfonamides is 1. The summed E-state index contributed by atoms with van der Waals surface area (Å²) in [6.07, 6.45) is 1.28. The Labute approximate surface area is 173 Å². The number of nitrogens with zero attached hydrogens (tertiary/aromatic N) is 1. The van der Waals surface area contributed by atoms with E-state index in [-0.39, 0.29) is 35.7 Å². The normalized spacial score (nSPS) is 12.6. The van der Waals surface area contributed by atoms with Gasteiger partial charge in [-0.15, -0.1) is 0 Å². The summed E-state index contributed by atoms with van der Waals surface area (Å²) in [5, 5.41) is 2.85. The van der Waals surface area contributed by atoms with Crippen LogP contribution in [0.1, 0.15) is 31.4 Å². The molecule has 1 N–H and O–H groups in total. The second kappa shape index (κ2) is 10.4. The number of aryl methyl sites for hydroxylation is 1. The highest BCUT2D eigenvalue weighted by Crippen LogP contribution is 2.28. The van der Waals surface area contributed by atoms with Crippen molar-refractivity contribution in [3.63, 3.8) is 0 Å². The number of hydrogen-bond acceptors (Lipinski definition) is 4. The van der Waals surface area contributed by atoms with Gasteiger partial charge in [0.2, 0.25) is 15.9 Å². The fourth-order valence-electron chi connectivity index (χ4n) is 2.89. The monoisotopic (exact) mass is 418 g/mol. The van der Waals surface area contributed by atoms with E-state index >= 15 is 0 Å². The lowest BCUT2D eigenvalue weighted by molar-refractivity contribution is -0.121. The highest BCUT2D eigenvalue weighted by atomic mass is 32.2. The summed E-state index contributed by atoms with van der Waals surface area (Å²) < 4.78 is 33.4. The molecule has 2 rings (SSSR count). The van der Waals surface area contributed by atoms with Crippen molar-refractivity contribution >= 4 is 15.9 Å². The fraction of sp³-hybridized carbons (Fsp3) is 0.409. The van der Waals surface area contributed by atoms with E-state index in [1.807, 2.05) is 51.1 Å². The van der Waals surface area contributed by atoms with E-state index in [9.17, 15) is 13.2 Å². The summed E-state index contributed by atoms with van der Waals surface area (Å²) in [6, 6.07) is 14.6. The number of rotatable bonds is 10. The molecule has 1 atom stereocenters. The zero-order valence-electron chi connectivity index (χ0n) is 17.5. The zero-order chi connectivity index (χ0) is 21.4. The van der Waals surface area contributed by atoms with Gasteiger partial charge in [0.15, 0.2) is 0 Å². The maximum absolute atomic E-state index is 13.4. The molecule has 29 heavy (non-hydrogen) atoms. The summed E-state index contributed by atoms with van der Waals surface area (Å²) >= 11 is 0. The Kier molecular flexibility index (Phi) is 8.22. The van der Waals surface area contributed by atoms with Crippen molar-refractivity contribution in [3.8, 4) is 5.75 Å². The van der Waals surface area contributed by atoms with Gasteiger partial charge in [-0.3, -0.25) is 4.79 Å². The van der Waals surface area contributed by atoms with Crippen LogP contribution >= 0.6 is 0 Å². The number of carbonyl (C=O) groups excluding carboxylic acids is 1. The van der Waals surface area contributed by atoms with Crippen molar-refractivity contribution in [2.75, 3.05) is 20.2 Å². The maximum Gasteiger partial charge on any atom is 0.247 e. The molecule has 158 valence electrons. The molecule has 7 heteroatoms. The lowest BCUT2D eigenvalue weighted by atomic mass is 10.1. The van der Waals surface area contributed by atoms with Gasteiger partial charge in [0.1, 0.15) is 10.6 Å². The fourth-order valence-corrected chi connectivity index (χ4v) is 4.53. The molecule has 0 aliphatic heterocycles. The Morgan fingerprint density at radius 2 is 1.86 bits per heavy atom. The number of hydrogen-bond donors (Lipinski definition) is 1. The summed E-state index contributed by atoms with van der Waals surface area (Å²) in [6.45, 7) is 5.63. The molecule has 0 bridgehead atoms. The smallest absolute Gasteiger partial charge is 0.247 e. The predicted octanol–water partition coefficient (Wildman–Crippen LogP) is 3.15. The third-order valence-electron chi connectivity index (χ3n) is 4.77. The van der Waals surface area contributed by atoms with Crippen molar-refractivity contribution in [2.45, 2.75) is 44.6 Å². The molecule has 6 nitrogen and oxygen atoms in total. The van der Waals surface area contributed by atoms with Gasteiger partial charge in [-0.05, 0) is 49.9 Å². The number of benzene rings is 2. The summed E-state index contributed by atoms with van der Waals surface area (Å²) in [5.74, 6) is -0.0507. The van der Waals surface area contributed by atoms with E-state index in [4.69, 9.17) is 4.74 Å². The summed E-state index contributed by atoms with van der Waals surface area (Å²) in [5.41, 5.74) is 1.81. The van der Waals surface area contributed by atoms with E-state index in [1.54, 1.807) is 18.2 Å². The van der Waals surface area contributed by atoms with E-state index in [0.29, 0.717) is 6.42 Å². The second-order valence-corrected chi connectivity index (χ2v) is 9.01. The molecule has 0 fully saturated rings.